The summed E-state index contributed by atoms with van der Waals surface area (Å²) in [6, 6.07) is 19.7. The lowest BCUT2D eigenvalue weighted by Crippen LogP contribution is -2.37. The number of rotatable bonds is 7. The van der Waals surface area contributed by atoms with Gasteiger partial charge in [-0.3, -0.25) is 14.4 Å². The predicted octanol–water partition coefficient (Wildman–Crippen LogP) is 4.09. The normalized spacial score (nSPS) is 13.3. The molecule has 0 aromatic heterocycles. The van der Waals surface area contributed by atoms with Crippen LogP contribution in [-0.4, -0.2) is 43.4 Å². The quantitative estimate of drug-likeness (QED) is 0.380. The highest BCUT2D eigenvalue weighted by Gasteiger charge is 2.37. The molecule has 178 valence electrons. The molecule has 0 saturated carbocycles. The van der Waals surface area contributed by atoms with E-state index in [2.05, 4.69) is 0 Å². The van der Waals surface area contributed by atoms with Crippen LogP contribution >= 0.6 is 0 Å². The second kappa shape index (κ2) is 9.80. The zero-order valence-corrected chi connectivity index (χ0v) is 19.6. The van der Waals surface area contributed by atoms with E-state index in [1.165, 1.54) is 30.0 Å². The van der Waals surface area contributed by atoms with Crippen LogP contribution in [0.2, 0.25) is 0 Å². The molecule has 4 rings (SSSR count). The largest absolute Gasteiger partial charge is 0.494 e. The van der Waals surface area contributed by atoms with E-state index in [9.17, 15) is 19.2 Å². The maximum absolute atomic E-state index is 13.0. The first kappa shape index (κ1) is 23.7. The lowest BCUT2D eigenvalue weighted by molar-refractivity contribution is -0.126. The van der Waals surface area contributed by atoms with Gasteiger partial charge >= 0.3 is 5.97 Å². The van der Waals surface area contributed by atoms with Crippen LogP contribution in [0.1, 0.15) is 44.9 Å². The maximum atomic E-state index is 13.0. The summed E-state index contributed by atoms with van der Waals surface area (Å²) in [5.74, 6) is -1.58. The van der Waals surface area contributed by atoms with Crippen LogP contribution in [0.15, 0.2) is 72.8 Å². The Bertz CT molecular complexity index is 1290. The van der Waals surface area contributed by atoms with E-state index in [1.54, 1.807) is 55.6 Å². The topological polar surface area (TPSA) is 93.2 Å². The summed E-state index contributed by atoms with van der Waals surface area (Å²) in [7, 11) is 1.59. The van der Waals surface area contributed by atoms with Crippen molar-refractivity contribution < 1.29 is 28.7 Å². The van der Waals surface area contributed by atoms with Gasteiger partial charge in [0, 0.05) is 12.7 Å². The minimum absolute atomic E-state index is 0.0699. The van der Waals surface area contributed by atoms with Crippen molar-refractivity contribution in [3.63, 3.8) is 0 Å². The average molecular weight is 472 g/mol. The van der Waals surface area contributed by atoms with Gasteiger partial charge in [-0.1, -0.05) is 18.2 Å². The molecule has 0 spiro atoms. The van der Waals surface area contributed by atoms with Gasteiger partial charge in [0.15, 0.2) is 6.10 Å². The van der Waals surface area contributed by atoms with Crippen LogP contribution in [0.25, 0.3) is 0 Å². The molecule has 8 nitrogen and oxygen atoms in total. The number of amides is 3. The number of benzene rings is 3. The third-order valence-electron chi connectivity index (χ3n) is 5.63. The summed E-state index contributed by atoms with van der Waals surface area (Å²) in [6.07, 6.45) is -1.06. The molecule has 3 aromatic rings. The highest BCUT2D eigenvalue weighted by molar-refractivity contribution is 6.34. The number of nitrogens with zero attached hydrogens (tertiary/aromatic N) is 2. The Labute approximate surface area is 202 Å². The number of hydrogen-bond acceptors (Lipinski definition) is 6. The Morgan fingerprint density at radius 1 is 0.914 bits per heavy atom. The van der Waals surface area contributed by atoms with E-state index < -0.39 is 29.8 Å². The van der Waals surface area contributed by atoms with E-state index in [4.69, 9.17) is 9.47 Å². The van der Waals surface area contributed by atoms with Gasteiger partial charge in [-0.2, -0.15) is 0 Å². The number of anilines is 2. The highest BCUT2D eigenvalue weighted by atomic mass is 16.5. The van der Waals surface area contributed by atoms with Gasteiger partial charge in [0.05, 0.1) is 29.0 Å². The summed E-state index contributed by atoms with van der Waals surface area (Å²) < 4.78 is 10.8. The zero-order valence-electron chi connectivity index (χ0n) is 19.6. The number of fused-ring (bicyclic) bond motifs is 1. The van der Waals surface area contributed by atoms with Crippen LogP contribution in [0.3, 0.4) is 0 Å². The standard InChI is InChI=1S/C27H24N2O6/c1-4-34-21-13-11-20(12-14-21)29-25(31)22-15-10-18(16-23(22)26(29)32)27(33)35-17(2)24(30)28(3)19-8-6-5-7-9-19/h5-17H,4H2,1-3H3. The van der Waals surface area contributed by atoms with E-state index >= 15 is 0 Å². The minimum Gasteiger partial charge on any atom is -0.494 e. The van der Waals surface area contributed by atoms with Crippen molar-refractivity contribution in [3.05, 3.63) is 89.5 Å². The van der Waals surface area contributed by atoms with Gasteiger partial charge in [-0.15, -0.1) is 0 Å². The molecule has 1 aliphatic heterocycles. The van der Waals surface area contributed by atoms with Crippen molar-refractivity contribution in [2.45, 2.75) is 20.0 Å². The molecule has 1 aliphatic rings. The predicted molar refractivity (Wildman–Crippen MR) is 130 cm³/mol. The Morgan fingerprint density at radius 2 is 1.57 bits per heavy atom. The van der Waals surface area contributed by atoms with Gasteiger partial charge < -0.3 is 14.4 Å². The molecule has 0 fully saturated rings. The van der Waals surface area contributed by atoms with Crippen molar-refractivity contribution in [1.29, 1.82) is 0 Å². The molecule has 3 amide bonds. The summed E-state index contributed by atoms with van der Waals surface area (Å²) in [5, 5.41) is 0. The fraction of sp³-hybridized carbons (Fsp3) is 0.185. The number of carbonyl (C=O) groups excluding carboxylic acids is 4. The SMILES string of the molecule is CCOc1ccc(N2C(=O)c3ccc(C(=O)OC(C)C(=O)N(C)c4ccccc4)cc3C2=O)cc1. The van der Waals surface area contributed by atoms with Crippen LogP contribution in [-0.2, 0) is 9.53 Å². The Morgan fingerprint density at radius 3 is 2.23 bits per heavy atom. The summed E-state index contributed by atoms with van der Waals surface area (Å²) in [4.78, 5) is 53.8. The van der Waals surface area contributed by atoms with Crippen molar-refractivity contribution >= 4 is 35.1 Å². The van der Waals surface area contributed by atoms with Crippen LogP contribution < -0.4 is 14.5 Å². The van der Waals surface area contributed by atoms with Gasteiger partial charge in [0.2, 0.25) is 0 Å². The second-order valence-electron chi connectivity index (χ2n) is 7.91. The van der Waals surface area contributed by atoms with Gasteiger partial charge in [-0.05, 0) is 68.4 Å². The molecule has 1 unspecified atom stereocenters. The summed E-state index contributed by atoms with van der Waals surface area (Å²) in [5.41, 5.74) is 1.41. The smallest absolute Gasteiger partial charge is 0.338 e. The van der Waals surface area contributed by atoms with Crippen molar-refractivity contribution in [2.75, 3.05) is 23.5 Å². The Balaban J connectivity index is 1.49. The molecule has 1 atom stereocenters. The Hall–Kier alpha value is -4.46. The van der Waals surface area contributed by atoms with Crippen LogP contribution in [0, 0.1) is 0 Å². The molecule has 1 heterocycles. The first-order chi connectivity index (χ1) is 16.8. The molecule has 35 heavy (non-hydrogen) atoms. The highest BCUT2D eigenvalue weighted by Crippen LogP contribution is 2.30. The van der Waals surface area contributed by atoms with Gasteiger partial charge in [0.1, 0.15) is 5.75 Å². The van der Waals surface area contributed by atoms with Crippen molar-refractivity contribution in [2.24, 2.45) is 0 Å². The monoisotopic (exact) mass is 472 g/mol. The lowest BCUT2D eigenvalue weighted by Gasteiger charge is -2.21. The number of imide groups is 1. The van der Waals surface area contributed by atoms with E-state index in [0.29, 0.717) is 23.7 Å². The number of hydrogen-bond donors (Lipinski definition) is 0. The average Bonchev–Trinajstić information content (AvgIpc) is 3.13. The fourth-order valence-corrected chi connectivity index (χ4v) is 3.79. The van der Waals surface area contributed by atoms with Gasteiger partial charge in [0.25, 0.3) is 17.7 Å². The number of carbonyl (C=O) groups is 4. The number of ether oxygens (including phenoxy) is 2. The molecule has 0 saturated heterocycles. The number of para-hydroxylation sites is 1. The molecular weight excluding hydrogens is 448 g/mol. The van der Waals surface area contributed by atoms with Crippen LogP contribution in [0.5, 0.6) is 5.75 Å². The number of likely N-dealkylation sites (N-methyl/N-ethyl adjacent to an activating group) is 1. The third kappa shape index (κ3) is 4.63. The first-order valence-electron chi connectivity index (χ1n) is 11.1. The molecule has 0 radical (unpaired) electrons. The lowest BCUT2D eigenvalue weighted by atomic mass is 10.1. The van der Waals surface area contributed by atoms with Crippen molar-refractivity contribution in [3.8, 4) is 5.75 Å². The molecule has 0 N–H and O–H groups in total. The van der Waals surface area contributed by atoms with E-state index in [1.807, 2.05) is 13.0 Å². The zero-order chi connectivity index (χ0) is 25.1. The molecule has 3 aromatic carbocycles. The molecule has 8 heteroatoms. The van der Waals surface area contributed by atoms with Gasteiger partial charge in [-0.25, -0.2) is 9.69 Å². The maximum Gasteiger partial charge on any atom is 0.338 e. The second-order valence-corrected chi connectivity index (χ2v) is 7.91. The van der Waals surface area contributed by atoms with E-state index in [-0.39, 0.29) is 16.7 Å². The molecule has 0 bridgehead atoms. The first-order valence-corrected chi connectivity index (χ1v) is 11.1. The fourth-order valence-electron chi connectivity index (χ4n) is 3.79. The summed E-state index contributed by atoms with van der Waals surface area (Å²) in [6.45, 7) is 3.84. The molecular formula is C27H24N2O6. The summed E-state index contributed by atoms with van der Waals surface area (Å²) >= 11 is 0. The number of esters is 1. The van der Waals surface area contributed by atoms with Crippen LogP contribution in [0.4, 0.5) is 11.4 Å². The van der Waals surface area contributed by atoms with Crippen molar-refractivity contribution in [1.82, 2.24) is 0 Å². The third-order valence-corrected chi connectivity index (χ3v) is 5.63. The Kier molecular flexibility index (Phi) is 6.64. The molecule has 0 aliphatic carbocycles. The minimum atomic E-state index is -1.06. The van der Waals surface area contributed by atoms with E-state index in [0.717, 1.165) is 4.90 Å².